The number of pyridine rings is 1. The summed E-state index contributed by atoms with van der Waals surface area (Å²) in [6.07, 6.45) is 0. The summed E-state index contributed by atoms with van der Waals surface area (Å²) in [5.41, 5.74) is 9.37. The fraction of sp³-hybridized carbons (Fsp3) is 0.133. The fourth-order valence-corrected chi connectivity index (χ4v) is 1.96. The predicted molar refractivity (Wildman–Crippen MR) is 76.7 cm³/mol. The van der Waals surface area contributed by atoms with E-state index in [0.29, 0.717) is 11.6 Å². The second-order valence-corrected chi connectivity index (χ2v) is 4.53. The third-order valence-corrected chi connectivity index (χ3v) is 3.25. The molecular formula is C15H14N4. The van der Waals surface area contributed by atoms with Crippen LogP contribution in [-0.4, -0.2) is 15.0 Å². The van der Waals surface area contributed by atoms with Crippen molar-refractivity contribution in [2.45, 2.75) is 13.8 Å². The molecule has 0 saturated carbocycles. The van der Waals surface area contributed by atoms with Crippen LogP contribution in [-0.2, 0) is 0 Å². The third kappa shape index (κ3) is 2.01. The van der Waals surface area contributed by atoms with Gasteiger partial charge in [-0.05, 0) is 26.0 Å². The molecule has 0 bridgehead atoms. The summed E-state index contributed by atoms with van der Waals surface area (Å²) in [6.45, 7) is 3.85. The molecular weight excluding hydrogens is 236 g/mol. The van der Waals surface area contributed by atoms with Crippen LogP contribution in [0.2, 0.25) is 0 Å². The third-order valence-electron chi connectivity index (χ3n) is 3.25. The molecule has 19 heavy (non-hydrogen) atoms. The predicted octanol–water partition coefficient (Wildman–Crippen LogP) is 2.89. The number of nitrogens with zero attached hydrogens (tertiary/aromatic N) is 3. The lowest BCUT2D eigenvalue weighted by atomic mass is 10.2. The monoisotopic (exact) mass is 250 g/mol. The maximum Gasteiger partial charge on any atom is 0.180 e. The number of aromatic nitrogens is 3. The van der Waals surface area contributed by atoms with E-state index >= 15 is 0 Å². The van der Waals surface area contributed by atoms with Crippen LogP contribution in [0, 0.1) is 13.8 Å². The van der Waals surface area contributed by atoms with Gasteiger partial charge in [-0.3, -0.25) is 0 Å². The van der Waals surface area contributed by atoms with E-state index in [0.717, 1.165) is 27.9 Å². The normalized spacial score (nSPS) is 10.8. The van der Waals surface area contributed by atoms with Gasteiger partial charge in [0.15, 0.2) is 5.82 Å². The van der Waals surface area contributed by atoms with Gasteiger partial charge in [0.2, 0.25) is 0 Å². The van der Waals surface area contributed by atoms with Crippen molar-refractivity contribution < 1.29 is 0 Å². The SMILES string of the molecule is Cc1nc(-c2ccc3ccccc3n2)nc(N)c1C. The van der Waals surface area contributed by atoms with Crippen molar-refractivity contribution >= 4 is 16.7 Å². The molecule has 4 nitrogen and oxygen atoms in total. The van der Waals surface area contributed by atoms with Crippen molar-refractivity contribution in [2.24, 2.45) is 0 Å². The topological polar surface area (TPSA) is 64.7 Å². The summed E-state index contributed by atoms with van der Waals surface area (Å²) in [5, 5.41) is 1.10. The minimum Gasteiger partial charge on any atom is -0.383 e. The highest BCUT2D eigenvalue weighted by atomic mass is 15.0. The number of nitrogen functional groups attached to an aromatic ring is 1. The number of para-hydroxylation sites is 1. The van der Waals surface area contributed by atoms with Gasteiger partial charge in [-0.25, -0.2) is 15.0 Å². The summed E-state index contributed by atoms with van der Waals surface area (Å²) in [5.74, 6) is 1.09. The molecule has 4 heteroatoms. The molecule has 2 heterocycles. The lowest BCUT2D eigenvalue weighted by molar-refractivity contribution is 1.07. The number of rotatable bonds is 1. The second kappa shape index (κ2) is 4.31. The van der Waals surface area contributed by atoms with Crippen molar-refractivity contribution in [3.05, 3.63) is 47.7 Å². The van der Waals surface area contributed by atoms with Crippen molar-refractivity contribution in [1.29, 1.82) is 0 Å². The van der Waals surface area contributed by atoms with Gasteiger partial charge in [-0.15, -0.1) is 0 Å². The van der Waals surface area contributed by atoms with Gasteiger partial charge in [-0.1, -0.05) is 24.3 Å². The quantitative estimate of drug-likeness (QED) is 0.721. The molecule has 0 saturated heterocycles. The van der Waals surface area contributed by atoms with E-state index in [1.807, 2.05) is 50.2 Å². The minimum absolute atomic E-state index is 0.512. The van der Waals surface area contributed by atoms with E-state index in [4.69, 9.17) is 5.73 Å². The Kier molecular flexibility index (Phi) is 2.63. The summed E-state index contributed by atoms with van der Waals surface area (Å²) in [4.78, 5) is 13.3. The highest BCUT2D eigenvalue weighted by Crippen LogP contribution is 2.21. The number of nitrogens with two attached hydrogens (primary N) is 1. The molecule has 0 aliphatic heterocycles. The van der Waals surface area contributed by atoms with Crippen LogP contribution in [0.3, 0.4) is 0 Å². The first-order valence-electron chi connectivity index (χ1n) is 6.12. The molecule has 1 aromatic carbocycles. The number of anilines is 1. The van der Waals surface area contributed by atoms with Gasteiger partial charge in [0.05, 0.1) is 5.52 Å². The Morgan fingerprint density at radius 3 is 2.47 bits per heavy atom. The minimum atomic E-state index is 0.512. The van der Waals surface area contributed by atoms with E-state index in [2.05, 4.69) is 15.0 Å². The number of hydrogen-bond donors (Lipinski definition) is 1. The van der Waals surface area contributed by atoms with Crippen LogP contribution in [0.1, 0.15) is 11.3 Å². The molecule has 0 atom stereocenters. The zero-order valence-corrected chi connectivity index (χ0v) is 10.9. The molecule has 94 valence electrons. The molecule has 0 aliphatic carbocycles. The molecule has 0 unspecified atom stereocenters. The molecule has 0 spiro atoms. The van der Waals surface area contributed by atoms with E-state index in [1.54, 1.807) is 0 Å². The maximum atomic E-state index is 5.89. The Hall–Kier alpha value is -2.49. The summed E-state index contributed by atoms with van der Waals surface area (Å²) >= 11 is 0. The smallest absolute Gasteiger partial charge is 0.180 e. The molecule has 3 rings (SSSR count). The lowest BCUT2D eigenvalue weighted by Crippen LogP contribution is -2.02. The first-order valence-corrected chi connectivity index (χ1v) is 6.12. The van der Waals surface area contributed by atoms with Crippen LogP contribution >= 0.6 is 0 Å². The van der Waals surface area contributed by atoms with E-state index in [9.17, 15) is 0 Å². The molecule has 2 aromatic heterocycles. The highest BCUT2D eigenvalue weighted by Gasteiger charge is 2.09. The van der Waals surface area contributed by atoms with Gasteiger partial charge in [0.25, 0.3) is 0 Å². The Balaban J connectivity index is 2.19. The van der Waals surface area contributed by atoms with Gasteiger partial charge < -0.3 is 5.73 Å². The number of benzene rings is 1. The largest absolute Gasteiger partial charge is 0.383 e. The molecule has 0 radical (unpaired) electrons. The molecule has 0 fully saturated rings. The van der Waals surface area contributed by atoms with E-state index < -0.39 is 0 Å². The first kappa shape index (κ1) is 11.6. The van der Waals surface area contributed by atoms with Crippen LogP contribution < -0.4 is 5.73 Å². The molecule has 3 aromatic rings. The summed E-state index contributed by atoms with van der Waals surface area (Å²) in [7, 11) is 0. The van der Waals surface area contributed by atoms with Crippen molar-refractivity contribution in [1.82, 2.24) is 15.0 Å². The van der Waals surface area contributed by atoms with E-state index in [1.165, 1.54) is 0 Å². The Bertz CT molecular complexity index is 742. The van der Waals surface area contributed by atoms with Crippen LogP contribution in [0.5, 0.6) is 0 Å². The Labute approximate surface area is 111 Å². The Morgan fingerprint density at radius 1 is 0.895 bits per heavy atom. The average Bonchev–Trinajstić information content (AvgIpc) is 2.43. The fourth-order valence-electron chi connectivity index (χ4n) is 1.96. The lowest BCUT2D eigenvalue weighted by Gasteiger charge is -2.07. The zero-order valence-electron chi connectivity index (χ0n) is 10.9. The molecule has 0 amide bonds. The molecule has 0 aliphatic rings. The van der Waals surface area contributed by atoms with Crippen LogP contribution in [0.15, 0.2) is 36.4 Å². The van der Waals surface area contributed by atoms with Gasteiger partial charge in [0.1, 0.15) is 11.5 Å². The van der Waals surface area contributed by atoms with Crippen molar-refractivity contribution in [3.63, 3.8) is 0 Å². The highest BCUT2D eigenvalue weighted by molar-refractivity contribution is 5.80. The molecule has 2 N–H and O–H groups in total. The number of fused-ring (bicyclic) bond motifs is 1. The first-order chi connectivity index (χ1) is 9.15. The number of hydrogen-bond acceptors (Lipinski definition) is 4. The summed E-state index contributed by atoms with van der Waals surface area (Å²) < 4.78 is 0. The average molecular weight is 250 g/mol. The van der Waals surface area contributed by atoms with Crippen molar-refractivity contribution in [2.75, 3.05) is 5.73 Å². The Morgan fingerprint density at radius 2 is 1.68 bits per heavy atom. The van der Waals surface area contributed by atoms with Gasteiger partial charge >= 0.3 is 0 Å². The van der Waals surface area contributed by atoms with Gasteiger partial charge in [0, 0.05) is 16.6 Å². The van der Waals surface area contributed by atoms with Crippen LogP contribution in [0.4, 0.5) is 5.82 Å². The standard InChI is InChI=1S/C15H14N4/c1-9-10(2)17-15(19-14(9)16)13-8-7-11-5-3-4-6-12(11)18-13/h3-8H,1-2H3,(H2,16,17,19). The maximum absolute atomic E-state index is 5.89. The number of aryl methyl sites for hydroxylation is 1. The van der Waals surface area contributed by atoms with Gasteiger partial charge in [-0.2, -0.15) is 0 Å². The van der Waals surface area contributed by atoms with Crippen LogP contribution in [0.25, 0.3) is 22.4 Å². The zero-order chi connectivity index (χ0) is 13.4. The van der Waals surface area contributed by atoms with E-state index in [-0.39, 0.29) is 0 Å². The summed E-state index contributed by atoms with van der Waals surface area (Å²) in [6, 6.07) is 11.9. The van der Waals surface area contributed by atoms with Crippen molar-refractivity contribution in [3.8, 4) is 11.5 Å². The second-order valence-electron chi connectivity index (χ2n) is 4.53.